The van der Waals surface area contributed by atoms with E-state index in [2.05, 4.69) is 0 Å². The second kappa shape index (κ2) is 7.55. The number of hydrogen-bond donors (Lipinski definition) is 1. The van der Waals surface area contributed by atoms with Gasteiger partial charge in [-0.1, -0.05) is 48.0 Å². The van der Waals surface area contributed by atoms with Crippen molar-refractivity contribution >= 4 is 27.8 Å². The molecule has 1 aliphatic rings. The average molecular weight is 434 g/mol. The van der Waals surface area contributed by atoms with Crippen molar-refractivity contribution in [1.82, 2.24) is 4.31 Å². The third-order valence-corrected chi connectivity index (χ3v) is 6.81. The van der Waals surface area contributed by atoms with Crippen LogP contribution in [0.15, 0.2) is 70.2 Å². The van der Waals surface area contributed by atoms with Crippen molar-refractivity contribution in [3.8, 4) is 11.1 Å². The van der Waals surface area contributed by atoms with Gasteiger partial charge < -0.3 is 14.3 Å². The Bertz CT molecular complexity index is 1160. The van der Waals surface area contributed by atoms with Crippen LogP contribution in [0.5, 0.6) is 0 Å². The summed E-state index contributed by atoms with van der Waals surface area (Å²) in [6.45, 7) is 0.00152. The summed E-state index contributed by atoms with van der Waals surface area (Å²) in [4.78, 5) is 11.2. The van der Waals surface area contributed by atoms with Crippen LogP contribution >= 0.6 is 11.6 Å². The molecule has 2 aromatic carbocycles. The standard InChI is InChI=1S/C20H16ClNO6S/c21-14-6-7-15(13-4-2-1-3-5-13)18(12-14)29(25,26)22-10-8-17-16(9-11-27-17)19(22)28-20(23)24/h1-7,9,11-12,19H,8,10H2,(H,23,24). The van der Waals surface area contributed by atoms with E-state index in [0.29, 0.717) is 28.9 Å². The van der Waals surface area contributed by atoms with E-state index in [4.69, 9.17) is 25.9 Å². The minimum Gasteiger partial charge on any atom is -0.469 e. The summed E-state index contributed by atoms with van der Waals surface area (Å²) in [5, 5.41) is 9.41. The van der Waals surface area contributed by atoms with Crippen LogP contribution in [0.4, 0.5) is 4.79 Å². The van der Waals surface area contributed by atoms with Crippen molar-refractivity contribution < 1.29 is 27.5 Å². The number of furan rings is 1. The van der Waals surface area contributed by atoms with Gasteiger partial charge in [0, 0.05) is 23.6 Å². The Hall–Kier alpha value is -2.81. The Balaban J connectivity index is 1.85. The smallest absolute Gasteiger partial charge is 0.469 e. The van der Waals surface area contributed by atoms with Crippen molar-refractivity contribution in [2.24, 2.45) is 0 Å². The first kappa shape index (κ1) is 19.5. The number of fused-ring (bicyclic) bond motifs is 1. The Kier molecular flexibility index (Phi) is 5.08. The lowest BCUT2D eigenvalue weighted by atomic mass is 10.1. The van der Waals surface area contributed by atoms with Gasteiger partial charge in [-0.05, 0) is 23.8 Å². The lowest BCUT2D eigenvalue weighted by molar-refractivity contribution is -0.00719. The van der Waals surface area contributed by atoms with Gasteiger partial charge in [0.1, 0.15) is 5.76 Å². The molecule has 0 aliphatic carbocycles. The fourth-order valence-electron chi connectivity index (χ4n) is 3.41. The molecule has 1 atom stereocenters. The molecule has 0 saturated heterocycles. The minimum atomic E-state index is -4.16. The summed E-state index contributed by atoms with van der Waals surface area (Å²) in [6, 6.07) is 15.1. The van der Waals surface area contributed by atoms with Crippen molar-refractivity contribution in [1.29, 1.82) is 0 Å². The van der Waals surface area contributed by atoms with Crippen LogP contribution in [0.3, 0.4) is 0 Å². The largest absolute Gasteiger partial charge is 0.507 e. The van der Waals surface area contributed by atoms with E-state index >= 15 is 0 Å². The molecule has 1 unspecified atom stereocenters. The van der Waals surface area contributed by atoms with Crippen LogP contribution in [-0.2, 0) is 21.2 Å². The maximum Gasteiger partial charge on any atom is 0.507 e. The molecular formula is C20H16ClNO6S. The molecule has 7 nitrogen and oxygen atoms in total. The van der Waals surface area contributed by atoms with Crippen LogP contribution < -0.4 is 0 Å². The summed E-state index contributed by atoms with van der Waals surface area (Å²) < 4.78 is 38.5. The van der Waals surface area contributed by atoms with E-state index in [1.54, 1.807) is 36.4 Å². The van der Waals surface area contributed by atoms with Gasteiger partial charge in [0.2, 0.25) is 16.3 Å². The van der Waals surface area contributed by atoms with Crippen molar-refractivity contribution in [2.75, 3.05) is 6.54 Å². The second-order valence-electron chi connectivity index (χ2n) is 6.41. The number of carboxylic acid groups (broad SMARTS) is 1. The molecule has 1 N–H and O–H groups in total. The van der Waals surface area contributed by atoms with Gasteiger partial charge in [-0.2, -0.15) is 4.31 Å². The lowest BCUT2D eigenvalue weighted by Crippen LogP contribution is -2.41. The van der Waals surface area contributed by atoms with E-state index in [1.807, 2.05) is 6.07 Å². The average Bonchev–Trinajstić information content (AvgIpc) is 3.17. The van der Waals surface area contributed by atoms with E-state index in [-0.39, 0.29) is 16.5 Å². The molecule has 0 radical (unpaired) electrons. The predicted molar refractivity (Wildman–Crippen MR) is 105 cm³/mol. The molecule has 0 fully saturated rings. The van der Waals surface area contributed by atoms with E-state index in [0.717, 1.165) is 4.31 Å². The SMILES string of the molecule is O=C(O)OC1c2ccoc2CCN1S(=O)(=O)c1cc(Cl)ccc1-c1ccccc1. The van der Waals surface area contributed by atoms with Crippen LogP contribution in [-0.4, -0.2) is 30.5 Å². The summed E-state index contributed by atoms with van der Waals surface area (Å²) in [6.07, 6.45) is -1.25. The highest BCUT2D eigenvalue weighted by Gasteiger charge is 2.41. The molecule has 2 heterocycles. The molecular weight excluding hydrogens is 418 g/mol. The van der Waals surface area contributed by atoms with Gasteiger partial charge >= 0.3 is 6.16 Å². The molecule has 3 aromatic rings. The first-order valence-corrected chi connectivity index (χ1v) is 10.5. The van der Waals surface area contributed by atoms with Gasteiger partial charge in [-0.15, -0.1) is 0 Å². The monoisotopic (exact) mass is 433 g/mol. The summed E-state index contributed by atoms with van der Waals surface area (Å²) in [5.41, 5.74) is 1.52. The molecule has 9 heteroatoms. The highest BCUT2D eigenvalue weighted by molar-refractivity contribution is 7.89. The third kappa shape index (κ3) is 3.62. The first-order valence-electron chi connectivity index (χ1n) is 8.70. The number of nitrogens with zero attached hydrogens (tertiary/aromatic N) is 1. The van der Waals surface area contributed by atoms with Gasteiger partial charge in [-0.3, -0.25) is 0 Å². The van der Waals surface area contributed by atoms with Crippen molar-refractivity contribution in [3.63, 3.8) is 0 Å². The zero-order valence-electron chi connectivity index (χ0n) is 15.0. The normalized spacial score (nSPS) is 16.9. The molecule has 150 valence electrons. The zero-order valence-corrected chi connectivity index (χ0v) is 16.6. The molecule has 0 spiro atoms. The Morgan fingerprint density at radius 2 is 1.93 bits per heavy atom. The van der Waals surface area contributed by atoms with Crippen LogP contribution in [0.2, 0.25) is 5.02 Å². The van der Waals surface area contributed by atoms with E-state index < -0.39 is 22.4 Å². The predicted octanol–water partition coefficient (Wildman–Crippen LogP) is 4.54. The van der Waals surface area contributed by atoms with E-state index in [9.17, 15) is 13.2 Å². The molecule has 0 saturated carbocycles. The third-order valence-electron chi connectivity index (χ3n) is 4.69. The fourth-order valence-corrected chi connectivity index (χ4v) is 5.38. The summed E-state index contributed by atoms with van der Waals surface area (Å²) in [7, 11) is -4.16. The van der Waals surface area contributed by atoms with Crippen molar-refractivity contribution in [2.45, 2.75) is 17.5 Å². The molecule has 1 aliphatic heterocycles. The minimum absolute atomic E-state index is 0.00152. The number of rotatable bonds is 4. The number of sulfonamides is 1. The van der Waals surface area contributed by atoms with Crippen LogP contribution in [0, 0.1) is 0 Å². The molecule has 4 rings (SSSR count). The molecule has 0 amide bonds. The summed E-state index contributed by atoms with van der Waals surface area (Å²) in [5.74, 6) is 0.497. The highest BCUT2D eigenvalue weighted by Crippen LogP contribution is 2.39. The van der Waals surface area contributed by atoms with Crippen LogP contribution in [0.1, 0.15) is 17.6 Å². The van der Waals surface area contributed by atoms with E-state index in [1.165, 1.54) is 18.4 Å². The number of carbonyl (C=O) groups is 1. The number of halogens is 1. The molecule has 29 heavy (non-hydrogen) atoms. The zero-order chi connectivity index (χ0) is 20.6. The van der Waals surface area contributed by atoms with Gasteiger partial charge in [0.05, 0.1) is 16.7 Å². The van der Waals surface area contributed by atoms with Crippen molar-refractivity contribution in [3.05, 3.63) is 77.2 Å². The van der Waals surface area contributed by atoms with Gasteiger partial charge in [0.15, 0.2) is 0 Å². The Labute approximate surface area is 172 Å². The Morgan fingerprint density at radius 1 is 1.17 bits per heavy atom. The number of hydrogen-bond acceptors (Lipinski definition) is 5. The number of benzene rings is 2. The topological polar surface area (TPSA) is 97.1 Å². The quantitative estimate of drug-likeness (QED) is 0.606. The lowest BCUT2D eigenvalue weighted by Gasteiger charge is -2.33. The fraction of sp³-hybridized carbons (Fsp3) is 0.150. The Morgan fingerprint density at radius 3 is 2.66 bits per heavy atom. The van der Waals surface area contributed by atoms with Crippen LogP contribution in [0.25, 0.3) is 11.1 Å². The maximum absolute atomic E-state index is 13.6. The number of ether oxygens (including phenoxy) is 1. The second-order valence-corrected chi connectivity index (χ2v) is 8.70. The maximum atomic E-state index is 13.6. The molecule has 1 aromatic heterocycles. The van der Waals surface area contributed by atoms with Gasteiger partial charge in [-0.25, -0.2) is 13.2 Å². The first-order chi connectivity index (χ1) is 13.9. The van der Waals surface area contributed by atoms with Gasteiger partial charge in [0.25, 0.3) is 0 Å². The summed E-state index contributed by atoms with van der Waals surface area (Å²) >= 11 is 6.11. The highest BCUT2D eigenvalue weighted by atomic mass is 35.5. The molecule has 0 bridgehead atoms.